The van der Waals surface area contributed by atoms with Crippen LogP contribution >= 0.6 is 11.6 Å². The lowest BCUT2D eigenvalue weighted by atomic mass is 10.1. The highest BCUT2D eigenvalue weighted by Gasteiger charge is 2.17. The van der Waals surface area contributed by atoms with Crippen molar-refractivity contribution in [2.75, 3.05) is 18.9 Å². The van der Waals surface area contributed by atoms with E-state index in [0.29, 0.717) is 34.8 Å². The Kier molecular flexibility index (Phi) is 6.71. The van der Waals surface area contributed by atoms with Gasteiger partial charge >= 0.3 is 0 Å². The number of aromatic nitrogens is 4. The summed E-state index contributed by atoms with van der Waals surface area (Å²) in [5, 5.41) is 17.9. The summed E-state index contributed by atoms with van der Waals surface area (Å²) in [6.45, 7) is 2.46. The Morgan fingerprint density at radius 2 is 2.03 bits per heavy atom. The lowest BCUT2D eigenvalue weighted by Crippen LogP contribution is -2.26. The van der Waals surface area contributed by atoms with Crippen molar-refractivity contribution in [3.05, 3.63) is 71.0 Å². The molecule has 4 rings (SSSR count). The number of carbonyl (C=O) groups excluding carboxylic acids is 1. The Morgan fingerprint density at radius 1 is 1.24 bits per heavy atom. The maximum atomic E-state index is 12.9. The fourth-order valence-corrected chi connectivity index (χ4v) is 3.50. The van der Waals surface area contributed by atoms with Gasteiger partial charge < -0.3 is 20.9 Å². The van der Waals surface area contributed by atoms with E-state index in [4.69, 9.17) is 22.1 Å². The van der Waals surface area contributed by atoms with Crippen LogP contribution in [0.3, 0.4) is 0 Å². The van der Waals surface area contributed by atoms with Gasteiger partial charge in [0, 0.05) is 29.5 Å². The number of halogens is 1. The number of amides is 1. The van der Waals surface area contributed by atoms with Crippen LogP contribution in [0, 0.1) is 0 Å². The fourth-order valence-electron chi connectivity index (χ4n) is 3.37. The number of ether oxygens (including phenoxy) is 1. The second kappa shape index (κ2) is 9.85. The van der Waals surface area contributed by atoms with E-state index in [0.717, 1.165) is 11.1 Å². The average molecular weight is 467 g/mol. The zero-order valence-corrected chi connectivity index (χ0v) is 18.7. The second-order valence-electron chi connectivity index (χ2n) is 7.31. The van der Waals surface area contributed by atoms with Gasteiger partial charge in [-0.05, 0) is 54.8 Å². The van der Waals surface area contributed by atoms with Crippen LogP contribution in [-0.4, -0.2) is 43.7 Å². The number of carbonyl (C=O) groups is 1. The predicted octanol–water partition coefficient (Wildman–Crippen LogP) is 3.28. The standard InChI is InChI=1S/C23H23ClN6O3/c1-2-33-22-18(21(32)26-9-7-19(31)14-3-5-17(24)6-4-14)11-16(13-27-22)15-8-10-30-20(12-15)28-23(25)29-30/h3-6,8,10-13,19,31H,2,7,9H2,1H3,(H2,25,29)(H,26,32)/t19-/m1/s1. The molecule has 0 saturated heterocycles. The summed E-state index contributed by atoms with van der Waals surface area (Å²) in [6, 6.07) is 12.3. The van der Waals surface area contributed by atoms with Gasteiger partial charge in [-0.3, -0.25) is 4.79 Å². The smallest absolute Gasteiger partial charge is 0.256 e. The molecule has 9 nitrogen and oxygen atoms in total. The molecule has 170 valence electrons. The molecule has 10 heteroatoms. The van der Waals surface area contributed by atoms with Crippen molar-refractivity contribution in [2.24, 2.45) is 0 Å². The Labute approximate surface area is 195 Å². The van der Waals surface area contributed by atoms with Crippen LogP contribution in [0.4, 0.5) is 5.95 Å². The van der Waals surface area contributed by atoms with E-state index in [1.165, 1.54) is 0 Å². The topological polar surface area (TPSA) is 128 Å². The number of pyridine rings is 2. The van der Waals surface area contributed by atoms with Crippen molar-refractivity contribution in [3.8, 4) is 17.0 Å². The van der Waals surface area contributed by atoms with Gasteiger partial charge in [-0.1, -0.05) is 23.7 Å². The molecule has 3 aromatic heterocycles. The van der Waals surface area contributed by atoms with Gasteiger partial charge in [-0.2, -0.15) is 4.98 Å². The van der Waals surface area contributed by atoms with Gasteiger partial charge in [-0.25, -0.2) is 9.50 Å². The molecule has 1 atom stereocenters. The van der Waals surface area contributed by atoms with E-state index in [9.17, 15) is 9.90 Å². The van der Waals surface area contributed by atoms with Crippen LogP contribution in [0.1, 0.15) is 35.4 Å². The summed E-state index contributed by atoms with van der Waals surface area (Å²) in [4.78, 5) is 21.4. The lowest BCUT2D eigenvalue weighted by molar-refractivity contribution is 0.0938. The highest BCUT2D eigenvalue weighted by molar-refractivity contribution is 6.30. The molecule has 0 spiro atoms. The van der Waals surface area contributed by atoms with E-state index < -0.39 is 6.10 Å². The number of nitrogens with one attached hydrogen (secondary N) is 1. The molecule has 3 heterocycles. The van der Waals surface area contributed by atoms with Gasteiger partial charge in [0.2, 0.25) is 11.8 Å². The number of hydrogen-bond donors (Lipinski definition) is 3. The van der Waals surface area contributed by atoms with Crippen molar-refractivity contribution in [1.29, 1.82) is 0 Å². The van der Waals surface area contributed by atoms with E-state index >= 15 is 0 Å². The van der Waals surface area contributed by atoms with Crippen molar-refractivity contribution in [3.63, 3.8) is 0 Å². The lowest BCUT2D eigenvalue weighted by Gasteiger charge is -2.14. The van der Waals surface area contributed by atoms with Crippen molar-refractivity contribution < 1.29 is 14.6 Å². The molecule has 1 aromatic carbocycles. The number of anilines is 1. The first kappa shape index (κ1) is 22.5. The number of aliphatic hydroxyl groups excluding tert-OH is 1. The summed E-state index contributed by atoms with van der Waals surface area (Å²) in [5.41, 5.74) is 8.80. The number of nitrogens with two attached hydrogens (primary N) is 1. The Morgan fingerprint density at radius 3 is 2.79 bits per heavy atom. The Hall–Kier alpha value is -3.69. The van der Waals surface area contributed by atoms with Gasteiger partial charge in [0.15, 0.2) is 5.65 Å². The molecule has 0 aliphatic carbocycles. The number of benzene rings is 1. The molecule has 0 fully saturated rings. The van der Waals surface area contributed by atoms with Crippen molar-refractivity contribution in [2.45, 2.75) is 19.4 Å². The molecule has 1 amide bonds. The molecule has 33 heavy (non-hydrogen) atoms. The predicted molar refractivity (Wildman–Crippen MR) is 125 cm³/mol. The third-order valence-electron chi connectivity index (χ3n) is 5.02. The van der Waals surface area contributed by atoms with E-state index in [2.05, 4.69) is 20.4 Å². The number of fused-ring (bicyclic) bond motifs is 1. The highest BCUT2D eigenvalue weighted by Crippen LogP contribution is 2.26. The summed E-state index contributed by atoms with van der Waals surface area (Å²) in [6.07, 6.45) is 3.00. The summed E-state index contributed by atoms with van der Waals surface area (Å²) in [7, 11) is 0. The Bertz CT molecular complexity index is 1280. The number of hydrogen-bond acceptors (Lipinski definition) is 7. The number of aliphatic hydroxyl groups is 1. The van der Waals surface area contributed by atoms with Crippen LogP contribution in [0.15, 0.2) is 54.9 Å². The molecule has 0 saturated carbocycles. The maximum Gasteiger partial charge on any atom is 0.256 e. The first-order chi connectivity index (χ1) is 15.9. The quantitative estimate of drug-likeness (QED) is 0.363. The van der Waals surface area contributed by atoms with Crippen LogP contribution in [0.25, 0.3) is 16.8 Å². The minimum atomic E-state index is -0.722. The van der Waals surface area contributed by atoms with Gasteiger partial charge in [0.1, 0.15) is 5.56 Å². The first-order valence-electron chi connectivity index (χ1n) is 10.4. The summed E-state index contributed by atoms with van der Waals surface area (Å²) < 4.78 is 7.12. The van der Waals surface area contributed by atoms with E-state index in [1.54, 1.807) is 47.2 Å². The molecular weight excluding hydrogens is 444 g/mol. The summed E-state index contributed by atoms with van der Waals surface area (Å²) in [5.74, 6) is 0.0755. The Balaban J connectivity index is 1.50. The number of rotatable bonds is 8. The molecule has 0 aliphatic rings. The van der Waals surface area contributed by atoms with Crippen LogP contribution < -0.4 is 15.8 Å². The largest absolute Gasteiger partial charge is 0.477 e. The van der Waals surface area contributed by atoms with Crippen molar-refractivity contribution >= 4 is 29.1 Å². The zero-order valence-electron chi connectivity index (χ0n) is 17.9. The first-order valence-corrected chi connectivity index (χ1v) is 10.8. The van der Waals surface area contributed by atoms with Gasteiger partial charge in [-0.15, -0.1) is 5.10 Å². The minimum absolute atomic E-state index is 0.179. The second-order valence-corrected chi connectivity index (χ2v) is 7.75. The molecule has 0 aliphatic heterocycles. The molecule has 0 bridgehead atoms. The summed E-state index contributed by atoms with van der Waals surface area (Å²) >= 11 is 5.89. The monoisotopic (exact) mass is 466 g/mol. The molecule has 0 radical (unpaired) electrons. The third kappa shape index (κ3) is 5.21. The number of nitrogen functional groups attached to an aromatic ring is 1. The van der Waals surface area contributed by atoms with E-state index in [-0.39, 0.29) is 24.3 Å². The zero-order chi connectivity index (χ0) is 23.4. The highest BCUT2D eigenvalue weighted by atomic mass is 35.5. The van der Waals surface area contributed by atoms with Gasteiger partial charge in [0.25, 0.3) is 5.91 Å². The number of nitrogens with zero attached hydrogens (tertiary/aromatic N) is 4. The molecule has 0 unspecified atom stereocenters. The maximum absolute atomic E-state index is 12.9. The SMILES string of the molecule is CCOc1ncc(-c2ccn3nc(N)nc3c2)cc1C(=O)NCC[C@@H](O)c1ccc(Cl)cc1. The van der Waals surface area contributed by atoms with Crippen LogP contribution in [0.2, 0.25) is 5.02 Å². The normalized spacial score (nSPS) is 12.0. The molecular formula is C23H23ClN6O3. The third-order valence-corrected chi connectivity index (χ3v) is 5.27. The molecule has 4 aromatic rings. The van der Waals surface area contributed by atoms with Crippen LogP contribution in [0.5, 0.6) is 5.88 Å². The van der Waals surface area contributed by atoms with Crippen LogP contribution in [-0.2, 0) is 0 Å². The fraction of sp³-hybridized carbons (Fsp3) is 0.217. The van der Waals surface area contributed by atoms with E-state index in [1.807, 2.05) is 19.1 Å². The van der Waals surface area contributed by atoms with Crippen molar-refractivity contribution in [1.82, 2.24) is 24.9 Å². The van der Waals surface area contributed by atoms with Gasteiger partial charge in [0.05, 0.1) is 12.7 Å². The average Bonchev–Trinajstić information content (AvgIpc) is 3.19. The molecule has 4 N–H and O–H groups in total. The minimum Gasteiger partial charge on any atom is -0.477 e.